The Morgan fingerprint density at radius 2 is 1.59 bits per heavy atom. The van der Waals surface area contributed by atoms with E-state index in [1.165, 1.54) is 21.3 Å². The molecule has 10 heteroatoms. The Hall–Kier alpha value is -2.85. The van der Waals surface area contributed by atoms with Crippen LogP contribution in [0.1, 0.15) is 0 Å². The van der Waals surface area contributed by atoms with Crippen LogP contribution in [0.25, 0.3) is 11.0 Å². The summed E-state index contributed by atoms with van der Waals surface area (Å²) in [5, 5.41) is 0. The molecule has 0 spiro atoms. The van der Waals surface area contributed by atoms with E-state index < -0.39 is 15.8 Å². The summed E-state index contributed by atoms with van der Waals surface area (Å²) in [6.45, 7) is 2.24. The van der Waals surface area contributed by atoms with Gasteiger partial charge in [0.05, 0.1) is 40.5 Å². The highest BCUT2D eigenvalue weighted by molar-refractivity contribution is 7.92. The highest BCUT2D eigenvalue weighted by Gasteiger charge is 2.22. The lowest BCUT2D eigenvalue weighted by Crippen LogP contribution is -2.36. The van der Waals surface area contributed by atoms with Gasteiger partial charge < -0.3 is 9.64 Å². The first-order valence-corrected chi connectivity index (χ1v) is 10.6. The van der Waals surface area contributed by atoms with E-state index in [9.17, 15) is 17.6 Å². The van der Waals surface area contributed by atoms with Crippen molar-refractivity contribution >= 4 is 32.4 Å². The van der Waals surface area contributed by atoms with E-state index in [2.05, 4.69) is 4.72 Å². The average Bonchev–Trinajstić information content (AvgIpc) is 2.92. The Bertz CT molecular complexity index is 1230. The summed E-state index contributed by atoms with van der Waals surface area (Å²) < 4.78 is 50.0. The molecule has 8 nitrogen and oxygen atoms in total. The number of hydrogen-bond donors (Lipinski definition) is 1. The Labute approximate surface area is 167 Å². The van der Waals surface area contributed by atoms with Crippen molar-refractivity contribution in [2.24, 2.45) is 14.1 Å². The summed E-state index contributed by atoms with van der Waals surface area (Å²) >= 11 is 0. The number of nitrogens with one attached hydrogen (secondary N) is 1. The number of aryl methyl sites for hydroxylation is 2. The molecule has 0 aliphatic carbocycles. The Morgan fingerprint density at radius 3 is 2.21 bits per heavy atom. The summed E-state index contributed by atoms with van der Waals surface area (Å²) in [6.07, 6.45) is 0. The zero-order valence-electron chi connectivity index (χ0n) is 16.1. The molecule has 1 fully saturated rings. The summed E-state index contributed by atoms with van der Waals surface area (Å²) in [7, 11) is -0.632. The highest BCUT2D eigenvalue weighted by Crippen LogP contribution is 2.33. The molecule has 29 heavy (non-hydrogen) atoms. The maximum absolute atomic E-state index is 13.2. The molecule has 2 aromatic carbocycles. The van der Waals surface area contributed by atoms with Crippen molar-refractivity contribution in [3.63, 3.8) is 0 Å². The van der Waals surface area contributed by atoms with E-state index in [4.69, 9.17) is 4.74 Å². The minimum Gasteiger partial charge on any atom is -0.378 e. The van der Waals surface area contributed by atoms with Crippen LogP contribution in [-0.4, -0.2) is 43.9 Å². The number of hydrogen-bond acceptors (Lipinski definition) is 5. The van der Waals surface area contributed by atoms with Crippen LogP contribution in [0, 0.1) is 5.82 Å². The molecule has 1 aromatic heterocycles. The van der Waals surface area contributed by atoms with Gasteiger partial charge in [0.1, 0.15) is 5.82 Å². The smallest absolute Gasteiger partial charge is 0.328 e. The lowest BCUT2D eigenvalue weighted by atomic mass is 10.2. The van der Waals surface area contributed by atoms with Gasteiger partial charge in [0.15, 0.2) is 0 Å². The van der Waals surface area contributed by atoms with Gasteiger partial charge in [-0.25, -0.2) is 17.6 Å². The summed E-state index contributed by atoms with van der Waals surface area (Å²) in [5.74, 6) is -0.515. The molecule has 0 bridgehead atoms. The van der Waals surface area contributed by atoms with E-state index in [1.807, 2.05) is 11.0 Å². The molecule has 0 saturated carbocycles. The maximum atomic E-state index is 13.2. The number of ether oxygens (including phenoxy) is 1. The van der Waals surface area contributed by atoms with Gasteiger partial charge in [0.2, 0.25) is 0 Å². The van der Waals surface area contributed by atoms with Gasteiger partial charge in [-0.3, -0.25) is 13.9 Å². The third-order valence-corrected chi connectivity index (χ3v) is 6.49. The number of fused-ring (bicyclic) bond motifs is 1. The van der Waals surface area contributed by atoms with E-state index in [1.54, 1.807) is 20.2 Å². The summed E-state index contributed by atoms with van der Waals surface area (Å²) in [5.41, 5.74) is 2.11. The molecule has 0 radical (unpaired) electrons. The molecule has 1 saturated heterocycles. The molecule has 1 aliphatic rings. The van der Waals surface area contributed by atoms with Crippen LogP contribution in [0.4, 0.5) is 15.8 Å². The van der Waals surface area contributed by atoms with Crippen LogP contribution in [0.15, 0.2) is 46.1 Å². The third kappa shape index (κ3) is 3.49. The van der Waals surface area contributed by atoms with Crippen LogP contribution < -0.4 is 15.3 Å². The molecular weight excluding hydrogens is 399 g/mol. The van der Waals surface area contributed by atoms with E-state index in [0.717, 1.165) is 12.1 Å². The highest BCUT2D eigenvalue weighted by atomic mass is 32.2. The quantitative estimate of drug-likeness (QED) is 0.694. The summed E-state index contributed by atoms with van der Waals surface area (Å²) in [4.78, 5) is 14.3. The first-order valence-electron chi connectivity index (χ1n) is 9.08. The topological polar surface area (TPSA) is 85.6 Å². The lowest BCUT2D eigenvalue weighted by molar-refractivity contribution is 0.123. The SMILES string of the molecule is Cn1c(=O)n(C)c2cc(N3CCOCC3)c(NS(=O)(=O)c3ccc(F)cc3)cc21. The molecule has 0 amide bonds. The Kier molecular flexibility index (Phi) is 4.83. The molecule has 3 aromatic rings. The van der Waals surface area contributed by atoms with Crippen molar-refractivity contribution in [1.82, 2.24) is 9.13 Å². The van der Waals surface area contributed by atoms with E-state index in [0.29, 0.717) is 48.7 Å². The zero-order valence-corrected chi connectivity index (χ0v) is 16.9. The minimum absolute atomic E-state index is 0.0473. The number of anilines is 2. The first-order chi connectivity index (χ1) is 13.8. The van der Waals surface area contributed by atoms with Gasteiger partial charge in [-0.1, -0.05) is 0 Å². The lowest BCUT2D eigenvalue weighted by Gasteiger charge is -2.30. The first kappa shape index (κ1) is 19.5. The number of aromatic nitrogens is 2. The van der Waals surface area contributed by atoms with Crippen LogP contribution >= 0.6 is 0 Å². The fourth-order valence-electron chi connectivity index (χ4n) is 3.50. The van der Waals surface area contributed by atoms with Crippen molar-refractivity contribution in [1.29, 1.82) is 0 Å². The minimum atomic E-state index is -3.94. The Morgan fingerprint density at radius 1 is 1.00 bits per heavy atom. The molecule has 1 aliphatic heterocycles. The average molecular weight is 420 g/mol. The Balaban J connectivity index is 1.85. The van der Waals surface area contributed by atoms with Gasteiger partial charge in [-0.2, -0.15) is 0 Å². The molecular formula is C19H21FN4O4S. The number of imidazole rings is 1. The van der Waals surface area contributed by atoms with Gasteiger partial charge >= 0.3 is 5.69 Å². The fourth-order valence-corrected chi connectivity index (χ4v) is 4.56. The molecule has 0 atom stereocenters. The predicted molar refractivity (Wildman–Crippen MR) is 108 cm³/mol. The molecule has 1 N–H and O–H groups in total. The predicted octanol–water partition coefficient (Wildman–Crippen LogP) is 1.65. The van der Waals surface area contributed by atoms with Crippen LogP contribution in [0.5, 0.6) is 0 Å². The van der Waals surface area contributed by atoms with Crippen LogP contribution in [0.3, 0.4) is 0 Å². The van der Waals surface area contributed by atoms with E-state index in [-0.39, 0.29) is 10.6 Å². The van der Waals surface area contributed by atoms with Crippen molar-refractivity contribution in [3.8, 4) is 0 Å². The standard InChI is InChI=1S/C19H21FN4O4S/c1-22-17-11-15(21-29(26,27)14-5-3-13(20)4-6-14)16(24-7-9-28-10-8-24)12-18(17)23(2)19(22)25/h3-6,11-12,21H,7-10H2,1-2H3. The van der Waals surface area contributed by atoms with Gasteiger partial charge in [-0.05, 0) is 36.4 Å². The van der Waals surface area contributed by atoms with E-state index >= 15 is 0 Å². The van der Waals surface area contributed by atoms with Crippen LogP contribution in [-0.2, 0) is 28.9 Å². The number of morpholine rings is 1. The molecule has 0 unspecified atom stereocenters. The molecule has 4 rings (SSSR count). The zero-order chi connectivity index (χ0) is 20.8. The monoisotopic (exact) mass is 420 g/mol. The largest absolute Gasteiger partial charge is 0.378 e. The summed E-state index contributed by atoms with van der Waals surface area (Å²) in [6, 6.07) is 8.09. The molecule has 2 heterocycles. The molecule has 154 valence electrons. The fraction of sp³-hybridized carbons (Fsp3) is 0.316. The second-order valence-corrected chi connectivity index (χ2v) is 8.60. The van der Waals surface area contributed by atoms with Crippen molar-refractivity contribution < 1.29 is 17.5 Å². The van der Waals surface area contributed by atoms with Crippen molar-refractivity contribution in [3.05, 3.63) is 52.7 Å². The van der Waals surface area contributed by atoms with Gasteiger partial charge in [-0.15, -0.1) is 0 Å². The van der Waals surface area contributed by atoms with Gasteiger partial charge in [0.25, 0.3) is 10.0 Å². The van der Waals surface area contributed by atoms with Crippen molar-refractivity contribution in [2.75, 3.05) is 35.9 Å². The third-order valence-electron chi connectivity index (χ3n) is 5.11. The number of nitrogens with zero attached hydrogens (tertiary/aromatic N) is 3. The number of sulfonamides is 1. The second-order valence-electron chi connectivity index (χ2n) is 6.92. The van der Waals surface area contributed by atoms with Gasteiger partial charge in [0, 0.05) is 27.2 Å². The van der Waals surface area contributed by atoms with Crippen LogP contribution in [0.2, 0.25) is 0 Å². The second kappa shape index (κ2) is 7.20. The van der Waals surface area contributed by atoms with Crippen molar-refractivity contribution in [2.45, 2.75) is 4.90 Å². The normalized spacial score (nSPS) is 15.1. The number of rotatable bonds is 4. The number of benzene rings is 2. The maximum Gasteiger partial charge on any atom is 0.328 e. The number of halogens is 1.